The van der Waals surface area contributed by atoms with E-state index in [1.165, 1.54) is 0 Å². The van der Waals surface area contributed by atoms with Crippen LogP contribution in [-0.2, 0) is 9.59 Å². The number of nitrogens with zero attached hydrogens (tertiary/aromatic N) is 1. The van der Waals surface area contributed by atoms with Crippen molar-refractivity contribution in [3.05, 3.63) is 11.6 Å². The molecule has 1 aliphatic rings. The Morgan fingerprint density at radius 3 is 2.81 bits per heavy atom. The number of carbonyl (C=O) groups is 2. The van der Waals surface area contributed by atoms with Crippen LogP contribution in [0.3, 0.4) is 0 Å². The molecule has 4 nitrogen and oxygen atoms in total. The molecule has 0 aliphatic carbocycles. The predicted molar refractivity (Wildman–Crippen MR) is 61.1 cm³/mol. The second-order valence-electron chi connectivity index (χ2n) is 4.04. The first-order valence-electron chi connectivity index (χ1n) is 5.85. The molecule has 90 valence electrons. The summed E-state index contributed by atoms with van der Waals surface area (Å²) in [5, 5.41) is 8.85. The van der Waals surface area contributed by atoms with Crippen LogP contribution >= 0.6 is 0 Å². The van der Waals surface area contributed by atoms with E-state index in [4.69, 9.17) is 5.11 Å². The highest BCUT2D eigenvalue weighted by atomic mass is 16.4. The largest absolute Gasteiger partial charge is 0.478 e. The zero-order chi connectivity index (χ0) is 12.0. The van der Waals surface area contributed by atoms with Gasteiger partial charge in [0.15, 0.2) is 0 Å². The van der Waals surface area contributed by atoms with E-state index in [1.807, 2.05) is 6.92 Å². The van der Waals surface area contributed by atoms with E-state index in [0.29, 0.717) is 25.0 Å². The number of hydrogen-bond acceptors (Lipinski definition) is 2. The first-order valence-corrected chi connectivity index (χ1v) is 5.85. The van der Waals surface area contributed by atoms with Gasteiger partial charge in [-0.3, -0.25) is 4.79 Å². The maximum absolute atomic E-state index is 11.6. The van der Waals surface area contributed by atoms with Crippen molar-refractivity contribution in [2.45, 2.75) is 39.0 Å². The van der Waals surface area contributed by atoms with E-state index in [9.17, 15) is 9.59 Å². The van der Waals surface area contributed by atoms with Crippen molar-refractivity contribution in [2.75, 3.05) is 13.1 Å². The quantitative estimate of drug-likeness (QED) is 0.742. The van der Waals surface area contributed by atoms with Crippen LogP contribution in [0.1, 0.15) is 39.0 Å². The molecule has 0 radical (unpaired) electrons. The second kappa shape index (κ2) is 6.30. The molecule has 0 bridgehead atoms. The van der Waals surface area contributed by atoms with Gasteiger partial charge in [-0.1, -0.05) is 19.4 Å². The highest BCUT2D eigenvalue weighted by Gasteiger charge is 2.15. The number of amides is 1. The Labute approximate surface area is 95.9 Å². The van der Waals surface area contributed by atoms with Gasteiger partial charge in [0.2, 0.25) is 5.91 Å². The molecular weight excluding hydrogens is 206 g/mol. The average molecular weight is 225 g/mol. The number of aliphatic carboxylic acids is 1. The molecule has 1 amide bonds. The molecule has 0 saturated carbocycles. The zero-order valence-electron chi connectivity index (χ0n) is 9.74. The molecule has 1 N–H and O–H groups in total. The van der Waals surface area contributed by atoms with Crippen molar-refractivity contribution >= 4 is 11.9 Å². The van der Waals surface area contributed by atoms with Gasteiger partial charge in [0.1, 0.15) is 0 Å². The fourth-order valence-electron chi connectivity index (χ4n) is 1.83. The smallest absolute Gasteiger partial charge is 0.331 e. The molecule has 0 spiro atoms. The van der Waals surface area contributed by atoms with Gasteiger partial charge in [-0.05, 0) is 19.3 Å². The summed E-state index contributed by atoms with van der Waals surface area (Å²) in [6.45, 7) is 3.00. The molecule has 1 saturated heterocycles. The maximum atomic E-state index is 11.6. The molecule has 4 heteroatoms. The molecular formula is C12H19NO3. The number of carboxylic acids is 1. The van der Waals surface area contributed by atoms with Crippen LogP contribution < -0.4 is 0 Å². The third-order valence-corrected chi connectivity index (χ3v) is 2.89. The number of hydrogen-bond donors (Lipinski definition) is 1. The van der Waals surface area contributed by atoms with Crippen LogP contribution in [0.4, 0.5) is 0 Å². The topological polar surface area (TPSA) is 57.6 Å². The Balaban J connectivity index is 2.57. The number of likely N-dealkylation sites (tertiary alicyclic amines) is 1. The molecule has 1 fully saturated rings. The fourth-order valence-corrected chi connectivity index (χ4v) is 1.83. The molecule has 0 aromatic carbocycles. The lowest BCUT2D eigenvalue weighted by atomic mass is 10.2. The number of rotatable bonds is 4. The summed E-state index contributed by atoms with van der Waals surface area (Å²) in [6.07, 6.45) is 5.82. The van der Waals surface area contributed by atoms with E-state index in [2.05, 4.69) is 0 Å². The summed E-state index contributed by atoms with van der Waals surface area (Å²) in [6, 6.07) is 0. The summed E-state index contributed by atoms with van der Waals surface area (Å²) in [5.41, 5.74) is 0.386. The van der Waals surface area contributed by atoms with Crippen molar-refractivity contribution in [3.8, 4) is 0 Å². The lowest BCUT2D eigenvalue weighted by molar-refractivity contribution is -0.133. The third-order valence-electron chi connectivity index (χ3n) is 2.89. The Hall–Kier alpha value is -1.32. The Morgan fingerprint density at radius 2 is 2.19 bits per heavy atom. The Morgan fingerprint density at radius 1 is 1.44 bits per heavy atom. The molecule has 1 heterocycles. The minimum Gasteiger partial charge on any atom is -0.478 e. The highest BCUT2D eigenvalue weighted by Crippen LogP contribution is 2.11. The van der Waals surface area contributed by atoms with Crippen molar-refractivity contribution < 1.29 is 14.7 Å². The van der Waals surface area contributed by atoms with Crippen molar-refractivity contribution in [2.24, 2.45) is 0 Å². The second-order valence-corrected chi connectivity index (χ2v) is 4.04. The van der Waals surface area contributed by atoms with Crippen LogP contribution in [-0.4, -0.2) is 35.0 Å². The first kappa shape index (κ1) is 12.7. The Kier molecular flexibility index (Phi) is 5.02. The van der Waals surface area contributed by atoms with Crippen molar-refractivity contribution in [3.63, 3.8) is 0 Å². The fraction of sp³-hybridized carbons (Fsp3) is 0.667. The number of carbonyl (C=O) groups excluding carboxylic acids is 1. The van der Waals surface area contributed by atoms with Gasteiger partial charge in [0, 0.05) is 25.1 Å². The van der Waals surface area contributed by atoms with E-state index >= 15 is 0 Å². The van der Waals surface area contributed by atoms with Crippen LogP contribution in [0.2, 0.25) is 0 Å². The zero-order valence-corrected chi connectivity index (χ0v) is 9.74. The minimum atomic E-state index is -0.884. The molecule has 1 aliphatic heterocycles. The van der Waals surface area contributed by atoms with E-state index < -0.39 is 5.97 Å². The van der Waals surface area contributed by atoms with Crippen molar-refractivity contribution in [1.82, 2.24) is 4.90 Å². The molecule has 0 aromatic heterocycles. The molecule has 0 atom stereocenters. The van der Waals surface area contributed by atoms with Gasteiger partial charge < -0.3 is 10.0 Å². The van der Waals surface area contributed by atoms with Gasteiger partial charge in [0.25, 0.3) is 0 Å². The summed E-state index contributed by atoms with van der Waals surface area (Å²) < 4.78 is 0. The minimum absolute atomic E-state index is 0.148. The highest BCUT2D eigenvalue weighted by molar-refractivity contribution is 5.86. The van der Waals surface area contributed by atoms with Crippen LogP contribution in [0.5, 0.6) is 0 Å². The van der Waals surface area contributed by atoms with Gasteiger partial charge in [-0.25, -0.2) is 4.79 Å². The molecule has 16 heavy (non-hydrogen) atoms. The monoisotopic (exact) mass is 225 g/mol. The summed E-state index contributed by atoms with van der Waals surface area (Å²) in [7, 11) is 0. The van der Waals surface area contributed by atoms with E-state index in [0.717, 1.165) is 25.8 Å². The lowest BCUT2D eigenvalue weighted by Crippen LogP contribution is -2.30. The standard InChI is InChI=1S/C12H19NO3/c1-2-10(12(15)16)7-9-13-8-5-3-4-6-11(13)14/h7H,2-6,8-9H2,1H3,(H,15,16). The molecule has 0 unspecified atom stereocenters. The first-order chi connectivity index (χ1) is 7.65. The third kappa shape index (κ3) is 3.68. The van der Waals surface area contributed by atoms with Gasteiger partial charge in [-0.15, -0.1) is 0 Å². The molecule has 0 aromatic rings. The summed E-state index contributed by atoms with van der Waals surface area (Å²) in [5.74, 6) is -0.737. The van der Waals surface area contributed by atoms with E-state index in [-0.39, 0.29) is 5.91 Å². The van der Waals surface area contributed by atoms with Crippen LogP contribution in [0.25, 0.3) is 0 Å². The summed E-state index contributed by atoms with van der Waals surface area (Å²) in [4.78, 5) is 24.2. The SMILES string of the molecule is CCC(=CCN1CCCCCC1=O)C(=O)O. The van der Waals surface area contributed by atoms with E-state index in [1.54, 1.807) is 11.0 Å². The van der Waals surface area contributed by atoms with Crippen molar-refractivity contribution in [1.29, 1.82) is 0 Å². The predicted octanol–water partition coefficient (Wildman–Crippen LogP) is 1.81. The van der Waals surface area contributed by atoms with Gasteiger partial charge in [0.05, 0.1) is 0 Å². The Bertz CT molecular complexity index is 297. The van der Waals surface area contributed by atoms with Gasteiger partial charge in [-0.2, -0.15) is 0 Å². The van der Waals surface area contributed by atoms with Crippen LogP contribution in [0, 0.1) is 0 Å². The number of carboxylic acid groups (broad SMARTS) is 1. The van der Waals surface area contributed by atoms with Gasteiger partial charge >= 0.3 is 5.97 Å². The molecule has 1 rings (SSSR count). The normalized spacial score (nSPS) is 18.4. The maximum Gasteiger partial charge on any atom is 0.331 e. The summed E-state index contributed by atoms with van der Waals surface area (Å²) >= 11 is 0. The average Bonchev–Trinajstić information content (AvgIpc) is 2.44. The lowest BCUT2D eigenvalue weighted by Gasteiger charge is -2.18. The van der Waals surface area contributed by atoms with Crippen LogP contribution in [0.15, 0.2) is 11.6 Å².